The van der Waals surface area contributed by atoms with Crippen LogP contribution in [0.15, 0.2) is 34.8 Å². The second-order valence-corrected chi connectivity index (χ2v) is 4.94. The van der Waals surface area contributed by atoms with Gasteiger partial charge in [-0.1, -0.05) is 5.57 Å². The van der Waals surface area contributed by atoms with Crippen molar-refractivity contribution < 1.29 is 9.21 Å². The molecule has 1 aromatic carbocycles. The van der Waals surface area contributed by atoms with Crippen molar-refractivity contribution in [3.8, 4) is 0 Å². The Kier molecular flexibility index (Phi) is 3.37. The Hall–Kier alpha value is -1.83. The van der Waals surface area contributed by atoms with Crippen molar-refractivity contribution in [3.63, 3.8) is 0 Å². The van der Waals surface area contributed by atoms with E-state index in [2.05, 4.69) is 19.6 Å². The van der Waals surface area contributed by atoms with Crippen molar-refractivity contribution in [1.82, 2.24) is 0 Å². The first kappa shape index (κ1) is 12.6. The molecule has 0 aliphatic rings. The fraction of sp³-hybridized carbons (Fsp3) is 0.312. The number of aryl methyl sites for hydroxylation is 2. The van der Waals surface area contributed by atoms with Crippen LogP contribution in [0, 0.1) is 6.92 Å². The van der Waals surface area contributed by atoms with Gasteiger partial charge in [-0.25, -0.2) is 0 Å². The minimum Gasteiger partial charge on any atom is -0.453 e. The molecule has 0 saturated carbocycles. The molecule has 94 valence electrons. The summed E-state index contributed by atoms with van der Waals surface area (Å²) in [5.74, 6) is 0.397. The second-order valence-electron chi connectivity index (χ2n) is 4.94. The molecule has 0 aliphatic carbocycles. The third-order valence-electron chi connectivity index (χ3n) is 3.14. The number of allylic oxidation sites excluding steroid dienone is 1. The van der Waals surface area contributed by atoms with Crippen LogP contribution >= 0.6 is 0 Å². The number of benzene rings is 1. The molecule has 0 atom stereocenters. The maximum Gasteiger partial charge on any atom is 0.194 e. The number of Topliss-reactive ketones (excluding diaryl/α,β-unsaturated/α-hetero) is 1. The van der Waals surface area contributed by atoms with E-state index in [9.17, 15) is 4.79 Å². The summed E-state index contributed by atoms with van der Waals surface area (Å²) in [6, 6.07) is 5.94. The highest BCUT2D eigenvalue weighted by molar-refractivity contribution is 5.96. The Labute approximate surface area is 107 Å². The second kappa shape index (κ2) is 4.81. The number of carbonyl (C=O) groups is 1. The van der Waals surface area contributed by atoms with Crippen LogP contribution in [0.5, 0.6) is 0 Å². The summed E-state index contributed by atoms with van der Waals surface area (Å²) in [6.07, 6.45) is 1.97. The largest absolute Gasteiger partial charge is 0.453 e. The molecule has 0 aliphatic heterocycles. The minimum absolute atomic E-state index is 0.0349. The standard InChI is InChI=1S/C16H18O2/c1-10(2)5-6-13-8-14-9-15(12(4)17)18-16(14)7-11(13)3/h7-9H,1,5-6H2,2-4H3. The molecular weight excluding hydrogens is 224 g/mol. The van der Waals surface area contributed by atoms with Gasteiger partial charge in [-0.2, -0.15) is 0 Å². The van der Waals surface area contributed by atoms with Crippen molar-refractivity contribution in [2.24, 2.45) is 0 Å². The van der Waals surface area contributed by atoms with Crippen molar-refractivity contribution in [2.75, 3.05) is 0 Å². The van der Waals surface area contributed by atoms with E-state index < -0.39 is 0 Å². The van der Waals surface area contributed by atoms with Crippen molar-refractivity contribution >= 4 is 16.8 Å². The summed E-state index contributed by atoms with van der Waals surface area (Å²) in [5, 5.41) is 1.00. The van der Waals surface area contributed by atoms with E-state index in [0.29, 0.717) is 5.76 Å². The maximum atomic E-state index is 11.3. The zero-order valence-corrected chi connectivity index (χ0v) is 11.2. The van der Waals surface area contributed by atoms with Gasteiger partial charge in [0.1, 0.15) is 5.58 Å². The molecule has 2 rings (SSSR count). The number of hydrogen-bond acceptors (Lipinski definition) is 2. The molecule has 0 bridgehead atoms. The smallest absolute Gasteiger partial charge is 0.194 e. The number of furan rings is 1. The van der Waals surface area contributed by atoms with Crippen LogP contribution < -0.4 is 0 Å². The maximum absolute atomic E-state index is 11.3. The zero-order valence-electron chi connectivity index (χ0n) is 11.2. The summed E-state index contributed by atoms with van der Waals surface area (Å²) < 4.78 is 5.52. The summed E-state index contributed by atoms with van der Waals surface area (Å²) >= 11 is 0. The molecule has 0 amide bonds. The Morgan fingerprint density at radius 3 is 2.61 bits per heavy atom. The highest BCUT2D eigenvalue weighted by Gasteiger charge is 2.10. The molecule has 0 spiro atoms. The van der Waals surface area contributed by atoms with Crippen molar-refractivity contribution in [2.45, 2.75) is 33.6 Å². The average Bonchev–Trinajstić information content (AvgIpc) is 2.68. The van der Waals surface area contributed by atoms with Gasteiger partial charge in [0.15, 0.2) is 11.5 Å². The van der Waals surface area contributed by atoms with Gasteiger partial charge in [0.2, 0.25) is 0 Å². The fourth-order valence-corrected chi connectivity index (χ4v) is 2.03. The van der Waals surface area contributed by atoms with Crippen molar-refractivity contribution in [3.05, 3.63) is 47.2 Å². The van der Waals surface area contributed by atoms with Gasteiger partial charge in [0.25, 0.3) is 0 Å². The highest BCUT2D eigenvalue weighted by atomic mass is 16.3. The molecule has 2 aromatic rings. The first-order valence-corrected chi connectivity index (χ1v) is 6.16. The quantitative estimate of drug-likeness (QED) is 0.585. The van der Waals surface area contributed by atoms with Crippen LogP contribution in [0.25, 0.3) is 11.0 Å². The molecule has 1 aromatic heterocycles. The van der Waals surface area contributed by atoms with Crippen molar-refractivity contribution in [1.29, 1.82) is 0 Å². The predicted octanol–water partition coefficient (Wildman–Crippen LogP) is 4.45. The average molecular weight is 242 g/mol. The van der Waals surface area contributed by atoms with Crippen LogP contribution in [-0.2, 0) is 6.42 Å². The minimum atomic E-state index is -0.0349. The molecule has 0 radical (unpaired) electrons. The number of ketones is 1. The Morgan fingerprint density at radius 2 is 2.00 bits per heavy atom. The first-order valence-electron chi connectivity index (χ1n) is 6.16. The SMILES string of the molecule is C=C(C)CCc1cc2cc(C(C)=O)oc2cc1C. The van der Waals surface area contributed by atoms with Gasteiger partial charge in [0, 0.05) is 12.3 Å². The topological polar surface area (TPSA) is 30.2 Å². The van der Waals surface area contributed by atoms with E-state index in [1.165, 1.54) is 23.6 Å². The Morgan fingerprint density at radius 1 is 1.28 bits per heavy atom. The van der Waals surface area contributed by atoms with Crippen LogP contribution in [-0.4, -0.2) is 5.78 Å². The van der Waals surface area contributed by atoms with Gasteiger partial charge in [-0.05, 0) is 56.0 Å². The number of carbonyl (C=O) groups excluding carboxylic acids is 1. The van der Waals surface area contributed by atoms with E-state index in [0.717, 1.165) is 23.8 Å². The molecule has 0 unspecified atom stereocenters. The third kappa shape index (κ3) is 2.53. The lowest BCUT2D eigenvalue weighted by atomic mass is 10.00. The summed E-state index contributed by atoms with van der Waals surface area (Å²) in [4.78, 5) is 11.3. The van der Waals surface area contributed by atoms with Gasteiger partial charge in [-0.15, -0.1) is 6.58 Å². The molecule has 0 N–H and O–H groups in total. The van der Waals surface area contributed by atoms with E-state index in [1.807, 2.05) is 19.1 Å². The molecule has 0 fully saturated rings. The van der Waals surface area contributed by atoms with Gasteiger partial charge < -0.3 is 4.42 Å². The first-order chi connectivity index (χ1) is 8.47. The lowest BCUT2D eigenvalue weighted by molar-refractivity contribution is 0.0989. The molecule has 0 saturated heterocycles. The lowest BCUT2D eigenvalue weighted by Crippen LogP contribution is -1.90. The number of rotatable bonds is 4. The molecule has 18 heavy (non-hydrogen) atoms. The Bertz CT molecular complexity index is 617. The fourth-order valence-electron chi connectivity index (χ4n) is 2.03. The predicted molar refractivity (Wildman–Crippen MR) is 74.1 cm³/mol. The number of hydrogen-bond donors (Lipinski definition) is 0. The van der Waals surface area contributed by atoms with Crippen LogP contribution in [0.2, 0.25) is 0 Å². The summed E-state index contributed by atoms with van der Waals surface area (Å²) in [5.41, 5.74) is 4.47. The van der Waals surface area contributed by atoms with Gasteiger partial charge in [-0.3, -0.25) is 4.79 Å². The zero-order chi connectivity index (χ0) is 13.3. The van der Waals surface area contributed by atoms with E-state index in [4.69, 9.17) is 4.42 Å². The lowest BCUT2D eigenvalue weighted by Gasteiger charge is -2.05. The summed E-state index contributed by atoms with van der Waals surface area (Å²) in [7, 11) is 0. The summed E-state index contributed by atoms with van der Waals surface area (Å²) in [6.45, 7) is 9.56. The third-order valence-corrected chi connectivity index (χ3v) is 3.14. The van der Waals surface area contributed by atoms with E-state index in [1.54, 1.807) is 0 Å². The molecule has 2 nitrogen and oxygen atoms in total. The molecule has 2 heteroatoms. The molecular formula is C16H18O2. The van der Waals surface area contributed by atoms with Gasteiger partial charge >= 0.3 is 0 Å². The molecule has 1 heterocycles. The van der Waals surface area contributed by atoms with Crippen LogP contribution in [0.4, 0.5) is 0 Å². The van der Waals surface area contributed by atoms with E-state index >= 15 is 0 Å². The van der Waals surface area contributed by atoms with E-state index in [-0.39, 0.29) is 5.78 Å². The number of fused-ring (bicyclic) bond motifs is 1. The monoisotopic (exact) mass is 242 g/mol. The van der Waals surface area contributed by atoms with Gasteiger partial charge in [0.05, 0.1) is 0 Å². The normalized spacial score (nSPS) is 10.8. The van der Waals surface area contributed by atoms with Crippen LogP contribution in [0.1, 0.15) is 41.9 Å². The highest BCUT2D eigenvalue weighted by Crippen LogP contribution is 2.25. The van der Waals surface area contributed by atoms with Crippen LogP contribution in [0.3, 0.4) is 0 Å². The Balaban J connectivity index is 2.40.